The van der Waals surface area contributed by atoms with E-state index in [1.165, 1.54) is 37.0 Å². The summed E-state index contributed by atoms with van der Waals surface area (Å²) in [6, 6.07) is 14.6. The minimum absolute atomic E-state index is 0.217. The second-order valence-electron chi connectivity index (χ2n) is 5.02. The molecule has 0 aliphatic heterocycles. The van der Waals surface area contributed by atoms with Crippen LogP contribution < -0.4 is 4.74 Å². The lowest BCUT2D eigenvalue weighted by Gasteiger charge is -2.07. The molecule has 0 saturated carbocycles. The van der Waals surface area contributed by atoms with Crippen molar-refractivity contribution in [3.8, 4) is 5.75 Å². The summed E-state index contributed by atoms with van der Waals surface area (Å²) in [5.74, 6) is 0.638. The molecule has 1 nitrogen and oxygen atoms in total. The summed E-state index contributed by atoms with van der Waals surface area (Å²) in [7, 11) is 0. The number of benzene rings is 2. The maximum Gasteiger partial charge on any atom is 0.123 e. The van der Waals surface area contributed by atoms with Gasteiger partial charge in [-0.2, -0.15) is 0 Å². The van der Waals surface area contributed by atoms with E-state index >= 15 is 0 Å². The van der Waals surface area contributed by atoms with Crippen LogP contribution in [-0.2, 0) is 13.0 Å². The van der Waals surface area contributed by atoms with Gasteiger partial charge in [-0.05, 0) is 48.2 Å². The highest BCUT2D eigenvalue weighted by atomic mass is 19.1. The van der Waals surface area contributed by atoms with E-state index in [-0.39, 0.29) is 5.82 Å². The first-order chi connectivity index (χ1) is 9.78. The summed E-state index contributed by atoms with van der Waals surface area (Å²) in [5, 5.41) is 0. The average Bonchev–Trinajstić information content (AvgIpc) is 2.48. The zero-order valence-electron chi connectivity index (χ0n) is 11.9. The van der Waals surface area contributed by atoms with Crippen molar-refractivity contribution in [1.29, 1.82) is 0 Å². The number of ether oxygens (including phenoxy) is 1. The van der Waals surface area contributed by atoms with E-state index in [0.29, 0.717) is 6.61 Å². The number of hydrogen-bond donors (Lipinski definition) is 0. The Labute approximate surface area is 120 Å². The molecule has 0 amide bonds. The third kappa shape index (κ3) is 4.69. The second kappa shape index (κ2) is 7.68. The maximum absolute atomic E-state index is 12.8. The molecule has 2 aromatic carbocycles. The summed E-state index contributed by atoms with van der Waals surface area (Å²) in [6.07, 6.45) is 4.90. The fourth-order valence-corrected chi connectivity index (χ4v) is 2.08. The minimum Gasteiger partial charge on any atom is -0.489 e. The number of rotatable bonds is 7. The first-order valence-electron chi connectivity index (χ1n) is 7.24. The van der Waals surface area contributed by atoms with E-state index in [2.05, 4.69) is 19.1 Å². The molecule has 0 aliphatic rings. The SMILES string of the molecule is CCCCCc1ccc(OCc2ccc(F)cc2)cc1. The van der Waals surface area contributed by atoms with Crippen molar-refractivity contribution in [1.82, 2.24) is 0 Å². The van der Waals surface area contributed by atoms with E-state index in [4.69, 9.17) is 4.74 Å². The van der Waals surface area contributed by atoms with Crippen LogP contribution in [-0.4, -0.2) is 0 Å². The minimum atomic E-state index is -0.217. The van der Waals surface area contributed by atoms with Crippen LogP contribution in [0.4, 0.5) is 4.39 Å². The molecule has 0 heterocycles. The van der Waals surface area contributed by atoms with Crippen LogP contribution in [0, 0.1) is 5.82 Å². The third-order valence-electron chi connectivity index (χ3n) is 3.31. The van der Waals surface area contributed by atoms with Gasteiger partial charge >= 0.3 is 0 Å². The van der Waals surface area contributed by atoms with Gasteiger partial charge in [-0.25, -0.2) is 4.39 Å². The summed E-state index contributed by atoms with van der Waals surface area (Å²) >= 11 is 0. The molecular formula is C18H21FO. The van der Waals surface area contributed by atoms with Gasteiger partial charge in [-0.1, -0.05) is 44.0 Å². The molecule has 0 fully saturated rings. The monoisotopic (exact) mass is 272 g/mol. The summed E-state index contributed by atoms with van der Waals surface area (Å²) in [5.41, 5.74) is 2.33. The highest BCUT2D eigenvalue weighted by molar-refractivity contribution is 5.28. The van der Waals surface area contributed by atoms with Gasteiger partial charge in [-0.3, -0.25) is 0 Å². The quantitative estimate of drug-likeness (QED) is 0.634. The summed E-state index contributed by atoms with van der Waals surface area (Å²) in [4.78, 5) is 0. The smallest absolute Gasteiger partial charge is 0.123 e. The Morgan fingerprint density at radius 1 is 0.850 bits per heavy atom. The van der Waals surface area contributed by atoms with Crippen LogP contribution in [0.15, 0.2) is 48.5 Å². The zero-order chi connectivity index (χ0) is 14.2. The van der Waals surface area contributed by atoms with E-state index in [1.54, 1.807) is 12.1 Å². The van der Waals surface area contributed by atoms with Crippen molar-refractivity contribution < 1.29 is 9.13 Å². The second-order valence-corrected chi connectivity index (χ2v) is 5.02. The molecular weight excluding hydrogens is 251 g/mol. The van der Waals surface area contributed by atoms with Gasteiger partial charge in [0.1, 0.15) is 18.2 Å². The predicted octanol–water partition coefficient (Wildman–Crippen LogP) is 5.14. The first kappa shape index (κ1) is 14.6. The molecule has 0 atom stereocenters. The molecule has 0 aliphatic carbocycles. The van der Waals surface area contributed by atoms with Crippen LogP contribution in [0.2, 0.25) is 0 Å². The number of halogens is 1. The van der Waals surface area contributed by atoms with Gasteiger partial charge < -0.3 is 4.74 Å². The molecule has 20 heavy (non-hydrogen) atoms. The Morgan fingerprint density at radius 3 is 2.15 bits per heavy atom. The molecule has 0 spiro atoms. The highest BCUT2D eigenvalue weighted by Gasteiger charge is 1.98. The fraction of sp³-hybridized carbons (Fsp3) is 0.333. The normalized spacial score (nSPS) is 10.5. The van der Waals surface area contributed by atoms with Crippen molar-refractivity contribution in [3.05, 3.63) is 65.5 Å². The molecule has 0 radical (unpaired) electrons. The Balaban J connectivity index is 1.82. The van der Waals surface area contributed by atoms with Gasteiger partial charge in [0.25, 0.3) is 0 Å². The number of hydrogen-bond acceptors (Lipinski definition) is 1. The van der Waals surface area contributed by atoms with Gasteiger partial charge in [0, 0.05) is 0 Å². The Hall–Kier alpha value is -1.83. The lowest BCUT2D eigenvalue weighted by atomic mass is 10.1. The van der Waals surface area contributed by atoms with Gasteiger partial charge in [0.2, 0.25) is 0 Å². The molecule has 2 rings (SSSR count). The highest BCUT2D eigenvalue weighted by Crippen LogP contribution is 2.16. The topological polar surface area (TPSA) is 9.23 Å². The van der Waals surface area contributed by atoms with E-state index in [9.17, 15) is 4.39 Å². The fourth-order valence-electron chi connectivity index (χ4n) is 2.08. The van der Waals surface area contributed by atoms with Crippen molar-refractivity contribution in [2.45, 2.75) is 39.2 Å². The van der Waals surface area contributed by atoms with Gasteiger partial charge in [-0.15, -0.1) is 0 Å². The lowest BCUT2D eigenvalue weighted by molar-refractivity contribution is 0.306. The molecule has 2 aromatic rings. The van der Waals surface area contributed by atoms with E-state index in [1.807, 2.05) is 12.1 Å². The standard InChI is InChI=1S/C18H21FO/c1-2-3-4-5-15-8-12-18(13-9-15)20-14-16-6-10-17(19)11-7-16/h6-13H,2-5,14H2,1H3. The Kier molecular flexibility index (Phi) is 5.60. The van der Waals surface area contributed by atoms with Crippen molar-refractivity contribution in [2.24, 2.45) is 0 Å². The molecule has 106 valence electrons. The van der Waals surface area contributed by atoms with Crippen LogP contribution in [0.5, 0.6) is 5.75 Å². The summed E-state index contributed by atoms with van der Waals surface area (Å²) in [6.45, 7) is 2.68. The van der Waals surface area contributed by atoms with Crippen molar-refractivity contribution >= 4 is 0 Å². The molecule has 0 bridgehead atoms. The Morgan fingerprint density at radius 2 is 1.50 bits per heavy atom. The first-order valence-corrected chi connectivity index (χ1v) is 7.24. The molecule has 2 heteroatoms. The maximum atomic E-state index is 12.8. The van der Waals surface area contributed by atoms with Crippen LogP contribution in [0.1, 0.15) is 37.3 Å². The van der Waals surface area contributed by atoms with Crippen LogP contribution in [0.25, 0.3) is 0 Å². The predicted molar refractivity (Wildman–Crippen MR) is 80.4 cm³/mol. The van der Waals surface area contributed by atoms with E-state index in [0.717, 1.165) is 17.7 Å². The van der Waals surface area contributed by atoms with Crippen molar-refractivity contribution in [3.63, 3.8) is 0 Å². The van der Waals surface area contributed by atoms with Crippen molar-refractivity contribution in [2.75, 3.05) is 0 Å². The summed E-state index contributed by atoms with van der Waals surface area (Å²) < 4.78 is 18.5. The van der Waals surface area contributed by atoms with Crippen LogP contribution >= 0.6 is 0 Å². The van der Waals surface area contributed by atoms with Gasteiger partial charge in [0.05, 0.1) is 0 Å². The third-order valence-corrected chi connectivity index (χ3v) is 3.31. The number of aryl methyl sites for hydroxylation is 1. The lowest BCUT2D eigenvalue weighted by Crippen LogP contribution is -1.95. The molecule has 0 aromatic heterocycles. The Bertz CT molecular complexity index is 502. The van der Waals surface area contributed by atoms with Crippen LogP contribution in [0.3, 0.4) is 0 Å². The average molecular weight is 272 g/mol. The van der Waals surface area contributed by atoms with Gasteiger partial charge in [0.15, 0.2) is 0 Å². The zero-order valence-corrected chi connectivity index (χ0v) is 11.9. The largest absolute Gasteiger partial charge is 0.489 e. The molecule has 0 N–H and O–H groups in total. The number of unbranched alkanes of at least 4 members (excludes halogenated alkanes) is 2. The molecule has 0 saturated heterocycles. The van der Waals surface area contributed by atoms with E-state index < -0.39 is 0 Å². The molecule has 0 unspecified atom stereocenters.